The first-order valence-corrected chi connectivity index (χ1v) is 4.79. The zero-order valence-corrected chi connectivity index (χ0v) is 9.15. The Morgan fingerprint density at radius 3 is 2.56 bits per heavy atom. The number of carboxylic acids is 1. The average Bonchev–Trinajstić information content (AvgIpc) is 2.27. The molecule has 1 amide bonds. The summed E-state index contributed by atoms with van der Waals surface area (Å²) in [7, 11) is 0. The smallest absolute Gasteiger partial charge is 0.418 e. The van der Waals surface area contributed by atoms with Crippen LogP contribution in [0.3, 0.4) is 0 Å². The third kappa shape index (κ3) is 3.19. The SMILES string of the molecule is C[C@@H](NC(=O)c1ncccc1C(F)(F)F)C(=O)O. The van der Waals surface area contributed by atoms with Crippen LogP contribution in [0.5, 0.6) is 0 Å². The fourth-order valence-electron chi connectivity index (χ4n) is 1.14. The Labute approximate surface area is 99.6 Å². The van der Waals surface area contributed by atoms with E-state index in [9.17, 15) is 22.8 Å². The predicted molar refractivity (Wildman–Crippen MR) is 53.8 cm³/mol. The molecule has 5 nitrogen and oxygen atoms in total. The van der Waals surface area contributed by atoms with Crippen LogP contribution in [-0.4, -0.2) is 28.0 Å². The molecule has 0 aliphatic heterocycles. The number of nitrogens with zero attached hydrogens (tertiary/aromatic N) is 1. The molecule has 0 aliphatic carbocycles. The lowest BCUT2D eigenvalue weighted by Crippen LogP contribution is -2.39. The largest absolute Gasteiger partial charge is 0.480 e. The van der Waals surface area contributed by atoms with E-state index in [0.717, 1.165) is 19.2 Å². The van der Waals surface area contributed by atoms with Crippen molar-refractivity contribution in [1.29, 1.82) is 0 Å². The van der Waals surface area contributed by atoms with Gasteiger partial charge >= 0.3 is 12.1 Å². The highest BCUT2D eigenvalue weighted by atomic mass is 19.4. The fraction of sp³-hybridized carbons (Fsp3) is 0.300. The van der Waals surface area contributed by atoms with E-state index in [1.807, 2.05) is 5.32 Å². The van der Waals surface area contributed by atoms with Crippen molar-refractivity contribution in [3.05, 3.63) is 29.6 Å². The second-order valence-corrected chi connectivity index (χ2v) is 3.43. The van der Waals surface area contributed by atoms with Crippen molar-refractivity contribution in [2.75, 3.05) is 0 Å². The molecule has 1 atom stereocenters. The Bertz CT molecular complexity index is 474. The minimum atomic E-state index is -4.73. The van der Waals surface area contributed by atoms with Crippen molar-refractivity contribution in [3.8, 4) is 0 Å². The van der Waals surface area contributed by atoms with Gasteiger partial charge in [0.25, 0.3) is 5.91 Å². The maximum absolute atomic E-state index is 12.6. The van der Waals surface area contributed by atoms with Crippen molar-refractivity contribution >= 4 is 11.9 Å². The molecule has 0 aromatic carbocycles. The van der Waals surface area contributed by atoms with Gasteiger partial charge in [-0.05, 0) is 19.1 Å². The maximum Gasteiger partial charge on any atom is 0.418 e. The van der Waals surface area contributed by atoms with Crippen LogP contribution in [0.4, 0.5) is 13.2 Å². The summed E-state index contributed by atoms with van der Waals surface area (Å²) < 4.78 is 37.7. The number of carbonyl (C=O) groups is 2. The number of rotatable bonds is 3. The van der Waals surface area contributed by atoms with Crippen molar-refractivity contribution in [1.82, 2.24) is 10.3 Å². The highest BCUT2D eigenvalue weighted by Gasteiger charge is 2.36. The molecule has 1 rings (SSSR count). The summed E-state index contributed by atoms with van der Waals surface area (Å²) >= 11 is 0. The second kappa shape index (κ2) is 5.03. The van der Waals surface area contributed by atoms with E-state index >= 15 is 0 Å². The lowest BCUT2D eigenvalue weighted by molar-refractivity contribution is -0.138. The Balaban J connectivity index is 3.03. The number of aromatic nitrogens is 1. The van der Waals surface area contributed by atoms with E-state index in [1.54, 1.807) is 0 Å². The number of hydrogen-bond donors (Lipinski definition) is 2. The number of nitrogens with one attached hydrogen (secondary N) is 1. The maximum atomic E-state index is 12.6. The van der Waals surface area contributed by atoms with Gasteiger partial charge in [-0.15, -0.1) is 0 Å². The molecule has 0 unspecified atom stereocenters. The lowest BCUT2D eigenvalue weighted by Gasteiger charge is -2.13. The highest BCUT2D eigenvalue weighted by Crippen LogP contribution is 2.30. The topological polar surface area (TPSA) is 79.3 Å². The number of carboxylic acid groups (broad SMARTS) is 1. The Hall–Kier alpha value is -2.12. The van der Waals surface area contributed by atoms with Crippen molar-refractivity contribution in [2.45, 2.75) is 19.1 Å². The standard InChI is InChI=1S/C10H9F3N2O3/c1-5(9(17)18)15-8(16)7-6(10(11,12)13)3-2-4-14-7/h2-5H,1H3,(H,15,16)(H,17,18)/t5-/m1/s1. The number of aliphatic carboxylic acids is 1. The normalized spacial score (nSPS) is 12.9. The summed E-state index contributed by atoms with van der Waals surface area (Å²) in [5.74, 6) is -2.54. The third-order valence-corrected chi connectivity index (χ3v) is 2.05. The van der Waals surface area contributed by atoms with E-state index in [4.69, 9.17) is 5.11 Å². The number of amides is 1. The summed E-state index contributed by atoms with van der Waals surface area (Å²) in [5.41, 5.74) is -2.06. The Morgan fingerprint density at radius 1 is 1.44 bits per heavy atom. The predicted octanol–water partition coefficient (Wildman–Crippen LogP) is 1.30. The summed E-state index contributed by atoms with van der Waals surface area (Å²) in [4.78, 5) is 25.3. The van der Waals surface area contributed by atoms with Crippen LogP contribution in [0, 0.1) is 0 Å². The number of pyridine rings is 1. The molecule has 2 N–H and O–H groups in total. The highest BCUT2D eigenvalue weighted by molar-refractivity contribution is 5.96. The van der Waals surface area contributed by atoms with Gasteiger partial charge in [0.15, 0.2) is 0 Å². The van der Waals surface area contributed by atoms with Crippen LogP contribution in [0.1, 0.15) is 23.0 Å². The molecule has 0 saturated heterocycles. The zero-order valence-electron chi connectivity index (χ0n) is 9.15. The minimum absolute atomic E-state index is 0.702. The number of hydrogen-bond acceptors (Lipinski definition) is 3. The average molecular weight is 262 g/mol. The van der Waals surface area contributed by atoms with Gasteiger partial charge < -0.3 is 10.4 Å². The molecule has 8 heteroatoms. The summed E-state index contributed by atoms with van der Waals surface area (Å²) in [6.45, 7) is 1.14. The van der Waals surface area contributed by atoms with Gasteiger partial charge in [0, 0.05) is 6.20 Å². The molecule has 1 aromatic heterocycles. The van der Waals surface area contributed by atoms with Crippen LogP contribution >= 0.6 is 0 Å². The van der Waals surface area contributed by atoms with E-state index in [2.05, 4.69) is 4.98 Å². The number of alkyl halides is 3. The van der Waals surface area contributed by atoms with Crippen molar-refractivity contribution < 1.29 is 27.9 Å². The molecular weight excluding hydrogens is 253 g/mol. The summed E-state index contributed by atoms with van der Waals surface area (Å²) in [6, 6.07) is 0.439. The number of carbonyl (C=O) groups excluding carboxylic acids is 1. The first kappa shape index (κ1) is 13.9. The van der Waals surface area contributed by atoms with E-state index in [1.165, 1.54) is 0 Å². The lowest BCUT2D eigenvalue weighted by atomic mass is 10.1. The van der Waals surface area contributed by atoms with Gasteiger partial charge in [0.1, 0.15) is 11.7 Å². The van der Waals surface area contributed by atoms with Crippen LogP contribution in [0.15, 0.2) is 18.3 Å². The molecule has 1 heterocycles. The van der Waals surface area contributed by atoms with E-state index < -0.39 is 35.4 Å². The summed E-state index contributed by atoms with van der Waals surface area (Å²) in [5, 5.41) is 10.5. The third-order valence-electron chi connectivity index (χ3n) is 2.05. The molecule has 0 fully saturated rings. The molecule has 18 heavy (non-hydrogen) atoms. The van der Waals surface area contributed by atoms with Gasteiger partial charge in [-0.1, -0.05) is 0 Å². The molecule has 0 bridgehead atoms. The zero-order chi connectivity index (χ0) is 13.9. The quantitative estimate of drug-likeness (QED) is 0.860. The molecule has 0 aliphatic rings. The monoisotopic (exact) mass is 262 g/mol. The number of halogens is 3. The first-order valence-electron chi connectivity index (χ1n) is 4.79. The van der Waals surface area contributed by atoms with Crippen LogP contribution < -0.4 is 5.32 Å². The Morgan fingerprint density at radius 2 is 2.06 bits per heavy atom. The second-order valence-electron chi connectivity index (χ2n) is 3.43. The van der Waals surface area contributed by atoms with Gasteiger partial charge in [-0.3, -0.25) is 14.6 Å². The van der Waals surface area contributed by atoms with Crippen molar-refractivity contribution in [2.24, 2.45) is 0 Å². The van der Waals surface area contributed by atoms with E-state index in [-0.39, 0.29) is 0 Å². The Kier molecular flexibility index (Phi) is 3.89. The van der Waals surface area contributed by atoms with Gasteiger partial charge in [-0.2, -0.15) is 13.2 Å². The van der Waals surface area contributed by atoms with Crippen LogP contribution in [0.25, 0.3) is 0 Å². The van der Waals surface area contributed by atoms with Gasteiger partial charge in [-0.25, -0.2) is 0 Å². The van der Waals surface area contributed by atoms with Gasteiger partial charge in [0.05, 0.1) is 5.56 Å². The van der Waals surface area contributed by atoms with Gasteiger partial charge in [0.2, 0.25) is 0 Å². The fourth-order valence-corrected chi connectivity index (χ4v) is 1.14. The summed E-state index contributed by atoms with van der Waals surface area (Å²) in [6.07, 6.45) is -3.71. The molecule has 0 spiro atoms. The molecule has 1 aromatic rings. The molecule has 98 valence electrons. The molecule has 0 radical (unpaired) electrons. The first-order chi connectivity index (χ1) is 8.23. The minimum Gasteiger partial charge on any atom is -0.480 e. The molecule has 0 saturated carbocycles. The van der Waals surface area contributed by atoms with Crippen LogP contribution in [0.2, 0.25) is 0 Å². The molecular formula is C10H9F3N2O3. The van der Waals surface area contributed by atoms with Crippen molar-refractivity contribution in [3.63, 3.8) is 0 Å². The van der Waals surface area contributed by atoms with E-state index in [0.29, 0.717) is 6.07 Å². The van der Waals surface area contributed by atoms with Crippen LogP contribution in [-0.2, 0) is 11.0 Å².